The van der Waals surface area contributed by atoms with E-state index in [2.05, 4.69) is 14.9 Å². The lowest BCUT2D eigenvalue weighted by Gasteiger charge is -2.37. The summed E-state index contributed by atoms with van der Waals surface area (Å²) in [6, 6.07) is 5.64. The number of likely N-dealkylation sites (tertiary alicyclic amines) is 1. The van der Waals surface area contributed by atoms with Crippen molar-refractivity contribution in [3.05, 3.63) is 47.0 Å². The van der Waals surface area contributed by atoms with E-state index < -0.39 is 11.6 Å². The predicted octanol–water partition coefficient (Wildman–Crippen LogP) is 2.18. The van der Waals surface area contributed by atoms with Gasteiger partial charge in [0.05, 0.1) is 12.8 Å². The number of ether oxygens (including phenoxy) is 2. The average Bonchev–Trinajstić information content (AvgIpc) is 2.98. The lowest BCUT2D eigenvalue weighted by Crippen LogP contribution is -2.44. The van der Waals surface area contributed by atoms with E-state index in [0.29, 0.717) is 30.9 Å². The maximum absolute atomic E-state index is 11.9. The third kappa shape index (κ3) is 4.14. The Bertz CT molecular complexity index is 780. The number of piperidine rings is 1. The molecule has 0 radical (unpaired) electrons. The van der Waals surface area contributed by atoms with Crippen LogP contribution in [0.1, 0.15) is 40.3 Å². The highest BCUT2D eigenvalue weighted by molar-refractivity contribution is 5.91. The van der Waals surface area contributed by atoms with Gasteiger partial charge in [0, 0.05) is 37.1 Å². The number of carbonyl (C=O) groups excluding carboxylic acids is 1. The summed E-state index contributed by atoms with van der Waals surface area (Å²) < 4.78 is 10.7. The van der Waals surface area contributed by atoms with Crippen molar-refractivity contribution < 1.29 is 19.4 Å². The summed E-state index contributed by atoms with van der Waals surface area (Å²) in [5, 5.41) is 10.9. The van der Waals surface area contributed by atoms with Gasteiger partial charge in [0.25, 0.3) is 0 Å². The van der Waals surface area contributed by atoms with Crippen LogP contribution in [-0.4, -0.2) is 59.3 Å². The van der Waals surface area contributed by atoms with Crippen molar-refractivity contribution in [2.75, 3.05) is 33.4 Å². The Morgan fingerprint density at radius 2 is 2.07 bits per heavy atom. The third-order valence-corrected chi connectivity index (χ3v) is 5.31. The quantitative estimate of drug-likeness (QED) is 0.755. The van der Waals surface area contributed by atoms with Gasteiger partial charge < -0.3 is 19.6 Å². The van der Waals surface area contributed by atoms with Crippen LogP contribution in [0, 0.1) is 13.8 Å². The molecule has 7 heteroatoms. The van der Waals surface area contributed by atoms with Crippen LogP contribution in [0.4, 0.5) is 0 Å². The lowest BCUT2D eigenvalue weighted by molar-refractivity contribution is -0.0311. The van der Waals surface area contributed by atoms with Crippen molar-refractivity contribution in [2.24, 2.45) is 0 Å². The first-order chi connectivity index (χ1) is 12.9. The fourth-order valence-corrected chi connectivity index (χ4v) is 3.44. The lowest BCUT2D eigenvalue weighted by atomic mass is 9.88. The monoisotopic (exact) mass is 373 g/mol. The van der Waals surface area contributed by atoms with Crippen LogP contribution < -0.4 is 4.74 Å². The van der Waals surface area contributed by atoms with Gasteiger partial charge in [-0.15, -0.1) is 0 Å². The van der Waals surface area contributed by atoms with E-state index in [9.17, 15) is 9.90 Å². The summed E-state index contributed by atoms with van der Waals surface area (Å²) in [6.07, 6.45) is 2.99. The highest BCUT2D eigenvalue weighted by Gasteiger charge is 2.35. The summed E-state index contributed by atoms with van der Waals surface area (Å²) in [5.74, 6) is 0.126. The second kappa shape index (κ2) is 8.10. The SMILES string of the molecule is COC(=O)c1[nH]c(C)c(C)c1OCCN1CCC(O)(c2ccccn2)CC1. The number of aliphatic hydroxyl groups is 1. The molecule has 0 bridgehead atoms. The molecule has 1 saturated heterocycles. The molecule has 2 aromatic rings. The Balaban J connectivity index is 1.54. The molecule has 3 heterocycles. The highest BCUT2D eigenvalue weighted by atomic mass is 16.5. The Morgan fingerprint density at radius 3 is 2.70 bits per heavy atom. The molecule has 3 rings (SSSR count). The zero-order valence-corrected chi connectivity index (χ0v) is 16.1. The molecule has 0 amide bonds. The van der Waals surface area contributed by atoms with Crippen molar-refractivity contribution in [3.63, 3.8) is 0 Å². The molecule has 0 saturated carbocycles. The standard InChI is InChI=1S/C20H27N3O4/c1-14-15(2)22-17(19(24)26-3)18(14)27-13-12-23-10-7-20(25,8-11-23)16-6-4-5-9-21-16/h4-6,9,22,25H,7-8,10-13H2,1-3H3. The predicted molar refractivity (Wildman–Crippen MR) is 101 cm³/mol. The van der Waals surface area contributed by atoms with Crippen molar-refractivity contribution in [3.8, 4) is 5.75 Å². The molecular formula is C20H27N3O4. The molecule has 2 aromatic heterocycles. The number of hydrogen-bond acceptors (Lipinski definition) is 6. The minimum atomic E-state index is -0.856. The van der Waals surface area contributed by atoms with Gasteiger partial charge in [0.15, 0.2) is 11.4 Å². The van der Waals surface area contributed by atoms with Gasteiger partial charge in [-0.05, 0) is 38.8 Å². The number of esters is 1. The number of carbonyl (C=O) groups is 1. The number of hydrogen-bond donors (Lipinski definition) is 2. The molecule has 1 aliphatic rings. The molecule has 7 nitrogen and oxygen atoms in total. The first-order valence-corrected chi connectivity index (χ1v) is 9.21. The summed E-state index contributed by atoms with van der Waals surface area (Å²) >= 11 is 0. The average molecular weight is 373 g/mol. The van der Waals surface area contributed by atoms with Gasteiger partial charge in [0.1, 0.15) is 12.2 Å². The zero-order valence-electron chi connectivity index (χ0n) is 16.1. The van der Waals surface area contributed by atoms with Crippen LogP contribution in [0.3, 0.4) is 0 Å². The van der Waals surface area contributed by atoms with Crippen LogP contribution in [0.2, 0.25) is 0 Å². The van der Waals surface area contributed by atoms with Gasteiger partial charge in [0.2, 0.25) is 0 Å². The second-order valence-electron chi connectivity index (χ2n) is 7.01. The van der Waals surface area contributed by atoms with Gasteiger partial charge >= 0.3 is 5.97 Å². The van der Waals surface area contributed by atoms with Crippen LogP contribution in [0.15, 0.2) is 24.4 Å². The molecule has 27 heavy (non-hydrogen) atoms. The van der Waals surface area contributed by atoms with Crippen LogP contribution in [0.25, 0.3) is 0 Å². The van der Waals surface area contributed by atoms with E-state index in [1.54, 1.807) is 6.20 Å². The Labute approximate surface area is 159 Å². The number of nitrogens with one attached hydrogen (secondary N) is 1. The van der Waals surface area contributed by atoms with E-state index in [1.165, 1.54) is 7.11 Å². The zero-order chi connectivity index (χ0) is 19.4. The molecule has 2 N–H and O–H groups in total. The molecule has 0 aromatic carbocycles. The smallest absolute Gasteiger partial charge is 0.358 e. The number of nitrogens with zero attached hydrogens (tertiary/aromatic N) is 2. The van der Waals surface area contributed by atoms with E-state index >= 15 is 0 Å². The highest BCUT2D eigenvalue weighted by Crippen LogP contribution is 2.31. The summed E-state index contributed by atoms with van der Waals surface area (Å²) in [7, 11) is 1.36. The van der Waals surface area contributed by atoms with Gasteiger partial charge in [-0.3, -0.25) is 9.88 Å². The number of rotatable bonds is 6. The third-order valence-electron chi connectivity index (χ3n) is 5.31. The van der Waals surface area contributed by atoms with E-state index in [0.717, 1.165) is 36.6 Å². The fraction of sp³-hybridized carbons (Fsp3) is 0.500. The number of pyridine rings is 1. The van der Waals surface area contributed by atoms with Crippen molar-refractivity contribution in [2.45, 2.75) is 32.3 Å². The minimum absolute atomic E-state index is 0.357. The van der Waals surface area contributed by atoms with Crippen molar-refractivity contribution >= 4 is 5.97 Å². The topological polar surface area (TPSA) is 87.7 Å². The van der Waals surface area contributed by atoms with Crippen LogP contribution in [0.5, 0.6) is 5.75 Å². The molecule has 0 atom stereocenters. The fourth-order valence-electron chi connectivity index (χ4n) is 3.44. The molecular weight excluding hydrogens is 346 g/mol. The number of H-pyrrole nitrogens is 1. The minimum Gasteiger partial charge on any atom is -0.489 e. The first-order valence-electron chi connectivity index (χ1n) is 9.21. The van der Waals surface area contributed by atoms with Crippen molar-refractivity contribution in [1.29, 1.82) is 0 Å². The maximum Gasteiger partial charge on any atom is 0.358 e. The van der Waals surface area contributed by atoms with E-state index in [-0.39, 0.29) is 0 Å². The van der Waals surface area contributed by atoms with Gasteiger partial charge in [-0.1, -0.05) is 6.07 Å². The molecule has 0 aliphatic carbocycles. The molecule has 0 spiro atoms. The molecule has 146 valence electrons. The van der Waals surface area contributed by atoms with E-state index in [4.69, 9.17) is 9.47 Å². The summed E-state index contributed by atoms with van der Waals surface area (Å²) in [5.41, 5.74) is 2.05. The van der Waals surface area contributed by atoms with Crippen molar-refractivity contribution in [1.82, 2.24) is 14.9 Å². The van der Waals surface area contributed by atoms with E-state index in [1.807, 2.05) is 32.0 Å². The summed E-state index contributed by atoms with van der Waals surface area (Å²) in [6.45, 7) is 6.54. The normalized spacial score (nSPS) is 16.9. The van der Waals surface area contributed by atoms with Crippen LogP contribution >= 0.6 is 0 Å². The number of aromatic amines is 1. The van der Waals surface area contributed by atoms with Gasteiger partial charge in [-0.25, -0.2) is 4.79 Å². The molecule has 1 aliphatic heterocycles. The Kier molecular flexibility index (Phi) is 5.82. The second-order valence-corrected chi connectivity index (χ2v) is 7.01. The Morgan fingerprint density at radius 1 is 1.33 bits per heavy atom. The largest absolute Gasteiger partial charge is 0.489 e. The molecule has 0 unspecified atom stereocenters. The first kappa shape index (κ1) is 19.4. The maximum atomic E-state index is 11.9. The molecule has 1 fully saturated rings. The van der Waals surface area contributed by atoms with Gasteiger partial charge in [-0.2, -0.15) is 0 Å². The number of aromatic nitrogens is 2. The summed E-state index contributed by atoms with van der Waals surface area (Å²) in [4.78, 5) is 21.5. The number of methoxy groups -OCH3 is 1. The van der Waals surface area contributed by atoms with Crippen LogP contribution in [-0.2, 0) is 10.3 Å². The number of aryl methyl sites for hydroxylation is 1. The Hall–Kier alpha value is -2.38.